The number of carbonyl (C=O) groups excluding carboxylic acids is 1. The number of urea groups is 1. The number of hydrazine groups is 4. The lowest BCUT2D eigenvalue weighted by atomic mass is 10.4. The van der Waals surface area contributed by atoms with E-state index in [1.807, 2.05) is 37.7 Å². The van der Waals surface area contributed by atoms with Crippen LogP contribution in [0.1, 0.15) is 6.92 Å². The fourth-order valence-corrected chi connectivity index (χ4v) is 1.000. The quantitative estimate of drug-likeness (QED) is 0.264. The van der Waals surface area contributed by atoms with Gasteiger partial charge in [0.15, 0.2) is 0 Å². The van der Waals surface area contributed by atoms with Gasteiger partial charge in [-0.05, 0) is 19.1 Å². The van der Waals surface area contributed by atoms with Gasteiger partial charge in [0.05, 0.1) is 5.70 Å². The summed E-state index contributed by atoms with van der Waals surface area (Å²) in [6.07, 6.45) is 5.63. The van der Waals surface area contributed by atoms with Crippen LogP contribution < -0.4 is 22.2 Å². The second-order valence-electron chi connectivity index (χ2n) is 2.75. The third kappa shape index (κ3) is 2.38. The zero-order valence-electron chi connectivity index (χ0n) is 8.11. The number of hydrogen-bond donors (Lipinski definition) is 4. The second-order valence-corrected chi connectivity index (χ2v) is 2.75. The number of nitrogens with one attached hydrogen (secondary N) is 3. The first-order chi connectivity index (χ1) is 6.65. The van der Waals surface area contributed by atoms with Crippen LogP contribution in [0.3, 0.4) is 0 Å². The summed E-state index contributed by atoms with van der Waals surface area (Å²) >= 11 is 0. The topological polar surface area (TPSA) is 85.7 Å². The monoisotopic (exact) mass is 198 g/mol. The number of hydrogen-bond acceptors (Lipinski definition) is 5. The Hall–Kier alpha value is -1.73. The molecule has 0 aromatic carbocycles. The lowest BCUT2D eigenvalue weighted by Crippen LogP contribution is -2.57. The van der Waals surface area contributed by atoms with Gasteiger partial charge >= 0.3 is 6.03 Å². The number of carbonyl (C=O) groups is 1. The highest BCUT2D eigenvalue weighted by Gasteiger charge is 2.11. The lowest BCUT2D eigenvalue weighted by molar-refractivity contribution is 0.0136. The first-order valence-corrected chi connectivity index (χ1v) is 4.05. The number of amides is 2. The van der Waals surface area contributed by atoms with E-state index in [0.717, 1.165) is 5.70 Å². The summed E-state index contributed by atoms with van der Waals surface area (Å²) in [6, 6.07) is -0.513. The summed E-state index contributed by atoms with van der Waals surface area (Å²) in [6.45, 7) is 1.90. The molecule has 5 N–H and O–H groups in total. The number of rotatable bonds is 2. The Bertz CT molecular complexity index is 273. The molecule has 1 aliphatic rings. The van der Waals surface area contributed by atoms with Gasteiger partial charge in [0.25, 0.3) is 0 Å². The molecule has 0 bridgehead atoms. The molecule has 0 radical (unpaired) electrons. The molecule has 2 amide bonds. The number of nitrogens with zero attached hydrogens (tertiary/aromatic N) is 2. The molecule has 7 heteroatoms. The van der Waals surface area contributed by atoms with Gasteiger partial charge < -0.3 is 0 Å². The Kier molecular flexibility index (Phi) is 3.32. The van der Waals surface area contributed by atoms with E-state index in [4.69, 9.17) is 5.84 Å². The molecule has 0 atom stereocenters. The summed E-state index contributed by atoms with van der Waals surface area (Å²) in [4.78, 5) is 10.8. The fourth-order valence-electron chi connectivity index (χ4n) is 1.000. The van der Waals surface area contributed by atoms with Crippen molar-refractivity contribution in [1.82, 2.24) is 26.5 Å². The van der Waals surface area contributed by atoms with E-state index in [2.05, 4.69) is 11.0 Å². The zero-order valence-corrected chi connectivity index (χ0v) is 8.11. The molecular formula is C7H14N6O. The molecule has 0 saturated carbocycles. The molecule has 14 heavy (non-hydrogen) atoms. The second kappa shape index (κ2) is 4.49. The maximum Gasteiger partial charge on any atom is 0.344 e. The third-order valence-corrected chi connectivity index (χ3v) is 1.70. The summed E-state index contributed by atoms with van der Waals surface area (Å²) in [5, 5.41) is 3.42. The van der Waals surface area contributed by atoms with Crippen LogP contribution in [0.4, 0.5) is 4.79 Å². The van der Waals surface area contributed by atoms with Gasteiger partial charge in [-0.3, -0.25) is 15.9 Å². The van der Waals surface area contributed by atoms with Gasteiger partial charge in [-0.2, -0.15) is 0 Å². The van der Waals surface area contributed by atoms with E-state index in [-0.39, 0.29) is 0 Å². The highest BCUT2D eigenvalue weighted by atomic mass is 16.2. The predicted octanol–water partition coefficient (Wildman–Crippen LogP) is -0.841. The van der Waals surface area contributed by atoms with Crippen LogP contribution in [0, 0.1) is 0 Å². The van der Waals surface area contributed by atoms with Crippen LogP contribution in [0.2, 0.25) is 0 Å². The Labute approximate surface area is 82.1 Å². The molecule has 0 unspecified atom stereocenters. The van der Waals surface area contributed by atoms with Gasteiger partial charge in [0, 0.05) is 13.2 Å². The van der Waals surface area contributed by atoms with Gasteiger partial charge in [-0.1, -0.05) is 0 Å². The largest absolute Gasteiger partial charge is 0.344 e. The SMILES string of the molecule is CC1=CC=CN(C)N1NNC(=O)NN. The standard InChI is InChI=1S/C7H14N6O/c1-6-4-3-5-12(2)13(6)11-10-7(14)9-8/h3-5,11H,8H2,1-2H3,(H2,9,10,14). The van der Waals surface area contributed by atoms with E-state index < -0.39 is 6.03 Å². The van der Waals surface area contributed by atoms with Crippen LogP contribution in [0.25, 0.3) is 0 Å². The van der Waals surface area contributed by atoms with Crippen molar-refractivity contribution in [2.24, 2.45) is 5.84 Å². The molecule has 0 saturated heterocycles. The number of nitrogens with two attached hydrogens (primary N) is 1. The molecule has 0 aromatic rings. The maximum absolute atomic E-state index is 10.8. The van der Waals surface area contributed by atoms with E-state index in [1.54, 1.807) is 10.1 Å². The first kappa shape index (κ1) is 10.4. The average molecular weight is 198 g/mol. The van der Waals surface area contributed by atoms with Crippen molar-refractivity contribution in [3.05, 3.63) is 24.0 Å². The summed E-state index contributed by atoms with van der Waals surface area (Å²) in [7, 11) is 1.84. The van der Waals surface area contributed by atoms with Crippen molar-refractivity contribution >= 4 is 6.03 Å². The Balaban J connectivity index is 2.47. The van der Waals surface area contributed by atoms with Crippen molar-refractivity contribution < 1.29 is 4.79 Å². The normalized spacial score (nSPS) is 15.2. The van der Waals surface area contributed by atoms with Gasteiger partial charge in [-0.15, -0.1) is 5.53 Å². The molecule has 0 aromatic heterocycles. The summed E-state index contributed by atoms with van der Waals surface area (Å²) in [5.41, 5.74) is 7.89. The predicted molar refractivity (Wildman–Crippen MR) is 51.5 cm³/mol. The van der Waals surface area contributed by atoms with Crippen LogP contribution >= 0.6 is 0 Å². The van der Waals surface area contributed by atoms with Crippen molar-refractivity contribution in [1.29, 1.82) is 0 Å². The average Bonchev–Trinajstić information content (AvgIpc) is 2.16. The lowest BCUT2D eigenvalue weighted by Gasteiger charge is -2.34. The fraction of sp³-hybridized carbons (Fsp3) is 0.286. The van der Waals surface area contributed by atoms with Crippen LogP contribution in [0.15, 0.2) is 24.0 Å². The van der Waals surface area contributed by atoms with Crippen molar-refractivity contribution in [3.8, 4) is 0 Å². The van der Waals surface area contributed by atoms with Crippen LogP contribution in [-0.4, -0.2) is 23.2 Å². The van der Waals surface area contributed by atoms with Gasteiger partial charge in [0.1, 0.15) is 0 Å². The molecule has 0 fully saturated rings. The molecule has 1 heterocycles. The Morgan fingerprint density at radius 2 is 2.29 bits per heavy atom. The van der Waals surface area contributed by atoms with Crippen molar-refractivity contribution in [3.63, 3.8) is 0 Å². The maximum atomic E-state index is 10.8. The smallest absolute Gasteiger partial charge is 0.280 e. The van der Waals surface area contributed by atoms with Gasteiger partial charge in [-0.25, -0.2) is 15.8 Å². The third-order valence-electron chi connectivity index (χ3n) is 1.70. The van der Waals surface area contributed by atoms with Crippen LogP contribution in [-0.2, 0) is 0 Å². The zero-order chi connectivity index (χ0) is 10.6. The summed E-state index contributed by atoms with van der Waals surface area (Å²) in [5.74, 6) is 4.89. The molecule has 7 nitrogen and oxygen atoms in total. The summed E-state index contributed by atoms with van der Waals surface area (Å²) < 4.78 is 0. The van der Waals surface area contributed by atoms with E-state index in [0.29, 0.717) is 0 Å². The molecule has 78 valence electrons. The highest BCUT2D eigenvalue weighted by Crippen LogP contribution is 2.08. The molecule has 0 aliphatic carbocycles. The van der Waals surface area contributed by atoms with Gasteiger partial charge in [0.2, 0.25) is 0 Å². The molecule has 0 spiro atoms. The van der Waals surface area contributed by atoms with Crippen molar-refractivity contribution in [2.75, 3.05) is 7.05 Å². The molecule has 1 aliphatic heterocycles. The minimum Gasteiger partial charge on any atom is -0.280 e. The first-order valence-electron chi connectivity index (χ1n) is 4.05. The minimum absolute atomic E-state index is 0.513. The van der Waals surface area contributed by atoms with E-state index in [1.165, 1.54) is 0 Å². The van der Waals surface area contributed by atoms with Crippen molar-refractivity contribution in [2.45, 2.75) is 6.92 Å². The Morgan fingerprint density at radius 3 is 2.86 bits per heavy atom. The van der Waals surface area contributed by atoms with Crippen LogP contribution in [0.5, 0.6) is 0 Å². The molecule has 1 rings (SSSR count). The van der Waals surface area contributed by atoms with E-state index >= 15 is 0 Å². The number of allylic oxidation sites excluding steroid dienone is 3. The minimum atomic E-state index is -0.513. The molecular weight excluding hydrogens is 184 g/mol. The van der Waals surface area contributed by atoms with E-state index in [9.17, 15) is 4.79 Å². The highest BCUT2D eigenvalue weighted by molar-refractivity contribution is 5.72. The Morgan fingerprint density at radius 1 is 1.57 bits per heavy atom.